The molecule has 0 radical (unpaired) electrons. The molecular formula is C31H36N6O. The van der Waals surface area contributed by atoms with E-state index >= 15 is 0 Å². The van der Waals surface area contributed by atoms with Crippen molar-refractivity contribution in [3.8, 4) is 11.4 Å². The third-order valence-electron chi connectivity index (χ3n) is 8.00. The summed E-state index contributed by atoms with van der Waals surface area (Å²) >= 11 is 0. The molecule has 1 atom stereocenters. The smallest absolute Gasteiger partial charge is 0.174 e. The number of hydrogen-bond donors (Lipinski definition) is 0. The minimum Gasteiger partial charge on any atom is -0.495 e. The number of rotatable bonds is 7. The van der Waals surface area contributed by atoms with Crippen LogP contribution in [0, 0.1) is 12.8 Å². The van der Waals surface area contributed by atoms with Gasteiger partial charge in [0.15, 0.2) is 5.82 Å². The first-order chi connectivity index (χ1) is 18.7. The summed E-state index contributed by atoms with van der Waals surface area (Å²) in [6, 6.07) is 17.0. The van der Waals surface area contributed by atoms with Crippen molar-refractivity contribution in [1.82, 2.24) is 29.2 Å². The molecule has 7 heteroatoms. The van der Waals surface area contributed by atoms with Crippen molar-refractivity contribution in [1.29, 1.82) is 0 Å². The van der Waals surface area contributed by atoms with Gasteiger partial charge in [0.25, 0.3) is 0 Å². The Morgan fingerprint density at radius 1 is 1.00 bits per heavy atom. The first-order valence-electron chi connectivity index (χ1n) is 13.7. The predicted octanol–water partition coefficient (Wildman–Crippen LogP) is 5.74. The van der Waals surface area contributed by atoms with Crippen molar-refractivity contribution >= 4 is 12.2 Å². The second kappa shape index (κ2) is 11.0. The number of nitrogens with zero attached hydrogens (tertiary/aromatic N) is 6. The summed E-state index contributed by atoms with van der Waals surface area (Å²) in [6.45, 7) is 6.32. The van der Waals surface area contributed by atoms with Crippen molar-refractivity contribution in [3.05, 3.63) is 89.5 Å². The average molecular weight is 509 g/mol. The number of benzene rings is 2. The summed E-state index contributed by atoms with van der Waals surface area (Å²) in [4.78, 5) is 12.0. The second-order valence-electron chi connectivity index (χ2n) is 10.6. The summed E-state index contributed by atoms with van der Waals surface area (Å²) in [5.41, 5.74) is 4.40. The van der Waals surface area contributed by atoms with Gasteiger partial charge >= 0.3 is 0 Å². The Bertz CT molecular complexity index is 1400. The van der Waals surface area contributed by atoms with Crippen LogP contribution in [0.3, 0.4) is 0 Å². The van der Waals surface area contributed by atoms with Crippen LogP contribution < -0.4 is 4.74 Å². The van der Waals surface area contributed by atoms with Crippen LogP contribution >= 0.6 is 0 Å². The molecule has 1 fully saturated rings. The van der Waals surface area contributed by atoms with Gasteiger partial charge in [-0.25, -0.2) is 14.6 Å². The van der Waals surface area contributed by atoms with E-state index in [1.54, 1.807) is 7.11 Å². The monoisotopic (exact) mass is 508 g/mol. The summed E-state index contributed by atoms with van der Waals surface area (Å²) < 4.78 is 9.82. The summed E-state index contributed by atoms with van der Waals surface area (Å²) in [6.07, 6.45) is 12.8. The van der Waals surface area contributed by atoms with E-state index in [1.807, 2.05) is 36.2 Å². The predicted molar refractivity (Wildman–Crippen MR) is 150 cm³/mol. The molecule has 2 aromatic heterocycles. The van der Waals surface area contributed by atoms with Gasteiger partial charge in [0.2, 0.25) is 0 Å². The number of fused-ring (bicyclic) bond motifs is 1. The Morgan fingerprint density at radius 2 is 1.84 bits per heavy atom. The zero-order valence-corrected chi connectivity index (χ0v) is 22.3. The molecule has 4 heterocycles. The lowest BCUT2D eigenvalue weighted by Crippen LogP contribution is -2.36. The lowest BCUT2D eigenvalue weighted by Gasteiger charge is -2.37. The van der Waals surface area contributed by atoms with Crippen LogP contribution in [-0.4, -0.2) is 49.4 Å². The highest BCUT2D eigenvalue weighted by Gasteiger charge is 2.33. The number of imidazole rings is 1. The Balaban J connectivity index is 1.13. The number of methoxy groups -OCH3 is 1. The normalized spacial score (nSPS) is 18.6. The van der Waals surface area contributed by atoms with Gasteiger partial charge in [-0.05, 0) is 81.0 Å². The molecule has 196 valence electrons. The number of hydrogen-bond acceptors (Lipinski definition) is 5. The molecular weight excluding hydrogens is 472 g/mol. The summed E-state index contributed by atoms with van der Waals surface area (Å²) in [5, 5.41) is 4.86. The average Bonchev–Trinajstić information content (AvgIpc) is 3.58. The number of piperidine rings is 1. The van der Waals surface area contributed by atoms with Crippen LogP contribution in [-0.2, 0) is 13.1 Å². The molecule has 38 heavy (non-hydrogen) atoms. The Hall–Kier alpha value is -3.71. The minimum atomic E-state index is 0.510. The minimum absolute atomic E-state index is 0.510. The van der Waals surface area contributed by atoms with Crippen molar-refractivity contribution in [2.45, 2.75) is 51.6 Å². The maximum Gasteiger partial charge on any atom is 0.174 e. The second-order valence-corrected chi connectivity index (χ2v) is 10.6. The molecule has 0 N–H and O–H groups in total. The van der Waals surface area contributed by atoms with Gasteiger partial charge in [-0.1, -0.05) is 42.5 Å². The summed E-state index contributed by atoms with van der Waals surface area (Å²) in [5.74, 6) is 3.98. The van der Waals surface area contributed by atoms with Gasteiger partial charge in [0.05, 0.1) is 24.8 Å². The van der Waals surface area contributed by atoms with Crippen molar-refractivity contribution in [3.63, 3.8) is 0 Å². The number of aromatic nitrogens is 5. The van der Waals surface area contributed by atoms with E-state index in [1.165, 1.54) is 37.1 Å². The topological polar surface area (TPSA) is 61.0 Å². The Morgan fingerprint density at radius 3 is 2.61 bits per heavy atom. The van der Waals surface area contributed by atoms with Gasteiger partial charge in [-0.2, -0.15) is 5.10 Å². The van der Waals surface area contributed by atoms with Crippen LogP contribution in [0.2, 0.25) is 0 Å². The number of aryl methyl sites for hydroxylation is 2. The fraction of sp³-hybridized carbons (Fsp3) is 0.387. The lowest BCUT2D eigenvalue weighted by molar-refractivity contribution is 0.149. The Kier molecular flexibility index (Phi) is 7.10. The first-order valence-corrected chi connectivity index (χ1v) is 13.7. The van der Waals surface area contributed by atoms with Crippen molar-refractivity contribution in [2.75, 3.05) is 20.2 Å². The fourth-order valence-corrected chi connectivity index (χ4v) is 6.01. The van der Waals surface area contributed by atoms with Crippen molar-refractivity contribution in [2.24, 2.45) is 5.92 Å². The van der Waals surface area contributed by atoms with E-state index in [0.717, 1.165) is 54.7 Å². The quantitative estimate of drug-likeness (QED) is 0.319. The molecule has 0 amide bonds. The highest BCUT2D eigenvalue weighted by atomic mass is 16.5. The molecule has 6 rings (SSSR count). The highest BCUT2D eigenvalue weighted by molar-refractivity contribution is 5.69. The van der Waals surface area contributed by atoms with Crippen LogP contribution in [0.5, 0.6) is 5.75 Å². The SMILES string of the molecule is COc1cc(C=Cc2nc3n(n2)CCC[C@H]3C2CCN(Cc3ccccc3)CC2)ccc1-n1cnc(C)c1. The molecule has 2 aliphatic heterocycles. The molecule has 0 saturated carbocycles. The zero-order chi connectivity index (χ0) is 25.9. The van der Waals surface area contributed by atoms with Gasteiger partial charge < -0.3 is 9.30 Å². The molecule has 0 aliphatic carbocycles. The molecule has 2 aromatic carbocycles. The maximum absolute atomic E-state index is 5.67. The fourth-order valence-electron chi connectivity index (χ4n) is 6.01. The first kappa shape index (κ1) is 24.6. The number of likely N-dealkylation sites (tertiary alicyclic amines) is 1. The van der Waals surface area contributed by atoms with Crippen LogP contribution in [0.15, 0.2) is 61.1 Å². The van der Waals surface area contributed by atoms with E-state index in [4.69, 9.17) is 14.8 Å². The van der Waals surface area contributed by atoms with Crippen LogP contribution in [0.4, 0.5) is 0 Å². The van der Waals surface area contributed by atoms with Crippen LogP contribution in [0.25, 0.3) is 17.8 Å². The van der Waals surface area contributed by atoms with E-state index in [0.29, 0.717) is 11.8 Å². The van der Waals surface area contributed by atoms with E-state index < -0.39 is 0 Å². The molecule has 1 saturated heterocycles. The molecule has 0 unspecified atom stereocenters. The molecule has 2 aliphatic rings. The molecule has 7 nitrogen and oxygen atoms in total. The van der Waals surface area contributed by atoms with Gasteiger partial charge in [-0.3, -0.25) is 4.90 Å². The standard InChI is InChI=1S/C31H36N6O/c1-23-20-36(22-32-23)28-12-10-24(19-29(28)38-2)11-13-30-33-31-27(9-6-16-37(31)34-30)26-14-17-35(18-15-26)21-25-7-4-3-5-8-25/h3-5,7-8,10-13,19-20,22,26-27H,6,9,14-18,21H2,1-2H3/t27-/m0/s1. The highest BCUT2D eigenvalue weighted by Crippen LogP contribution is 2.38. The zero-order valence-electron chi connectivity index (χ0n) is 22.3. The molecule has 0 spiro atoms. The third kappa shape index (κ3) is 5.29. The van der Waals surface area contributed by atoms with Crippen LogP contribution in [0.1, 0.15) is 60.1 Å². The largest absolute Gasteiger partial charge is 0.495 e. The maximum atomic E-state index is 5.67. The lowest BCUT2D eigenvalue weighted by atomic mass is 9.80. The van der Waals surface area contributed by atoms with E-state index in [2.05, 4.69) is 63.1 Å². The third-order valence-corrected chi connectivity index (χ3v) is 8.00. The van der Waals surface area contributed by atoms with Gasteiger partial charge in [-0.15, -0.1) is 0 Å². The molecule has 4 aromatic rings. The number of ether oxygens (including phenoxy) is 1. The van der Waals surface area contributed by atoms with E-state index in [9.17, 15) is 0 Å². The van der Waals surface area contributed by atoms with Crippen molar-refractivity contribution < 1.29 is 4.74 Å². The van der Waals surface area contributed by atoms with E-state index in [-0.39, 0.29) is 0 Å². The van der Waals surface area contributed by atoms with Gasteiger partial charge in [0.1, 0.15) is 11.6 Å². The summed E-state index contributed by atoms with van der Waals surface area (Å²) in [7, 11) is 1.70. The Labute approximate surface area is 224 Å². The molecule has 0 bridgehead atoms. The van der Waals surface area contributed by atoms with Gasteiger partial charge in [0, 0.05) is 25.2 Å².